The van der Waals surface area contributed by atoms with Gasteiger partial charge in [-0.05, 0) is 50.8 Å². The Morgan fingerprint density at radius 3 is 2.69 bits per heavy atom. The maximum Gasteiger partial charge on any atom is 0.256 e. The summed E-state index contributed by atoms with van der Waals surface area (Å²) in [4.78, 5) is 31.3. The van der Waals surface area contributed by atoms with Gasteiger partial charge in [0.1, 0.15) is 5.75 Å². The zero-order valence-electron chi connectivity index (χ0n) is 21.2. The van der Waals surface area contributed by atoms with E-state index in [4.69, 9.17) is 9.47 Å². The molecular weight excluding hydrogens is 446 g/mol. The van der Waals surface area contributed by atoms with Gasteiger partial charge in [0.25, 0.3) is 11.5 Å². The fourth-order valence-electron chi connectivity index (χ4n) is 5.10. The van der Waals surface area contributed by atoms with Crippen molar-refractivity contribution in [2.45, 2.75) is 52.6 Å². The van der Waals surface area contributed by atoms with Gasteiger partial charge in [-0.25, -0.2) is 0 Å². The molecule has 0 atom stereocenters. The highest BCUT2D eigenvalue weighted by Gasteiger charge is 2.28. The number of aryl methyl sites for hydroxylation is 2. The minimum atomic E-state index is -0.266. The van der Waals surface area contributed by atoms with Crippen LogP contribution in [0.4, 0.5) is 5.69 Å². The Morgan fingerprint density at radius 2 is 2.03 bits per heavy atom. The summed E-state index contributed by atoms with van der Waals surface area (Å²) in [6, 6.07) is 4.01. The van der Waals surface area contributed by atoms with E-state index < -0.39 is 0 Å². The number of H-pyrrole nitrogens is 1. The van der Waals surface area contributed by atoms with Crippen LogP contribution in [0.2, 0.25) is 0 Å². The first-order valence-corrected chi connectivity index (χ1v) is 12.3. The van der Waals surface area contributed by atoms with Crippen LogP contribution in [0.1, 0.15) is 53.9 Å². The van der Waals surface area contributed by atoms with Crippen molar-refractivity contribution in [1.82, 2.24) is 20.1 Å². The minimum absolute atomic E-state index is 0.0665. The molecule has 0 spiro atoms. The third-order valence-corrected chi connectivity index (χ3v) is 6.86. The first-order chi connectivity index (χ1) is 16.9. The summed E-state index contributed by atoms with van der Waals surface area (Å²) in [7, 11) is 3.41. The van der Waals surface area contributed by atoms with Crippen molar-refractivity contribution in [2.24, 2.45) is 7.05 Å². The van der Waals surface area contributed by atoms with E-state index in [2.05, 4.69) is 34.1 Å². The molecular formula is C26H35N5O4. The van der Waals surface area contributed by atoms with Crippen LogP contribution in [0.5, 0.6) is 5.75 Å². The van der Waals surface area contributed by atoms with E-state index in [1.807, 2.05) is 19.3 Å². The van der Waals surface area contributed by atoms with E-state index in [1.165, 1.54) is 7.11 Å². The van der Waals surface area contributed by atoms with Crippen molar-refractivity contribution in [2.75, 3.05) is 31.8 Å². The lowest BCUT2D eigenvalue weighted by molar-refractivity contribution is 0.0846. The summed E-state index contributed by atoms with van der Waals surface area (Å²) in [6.45, 7) is 8.39. The first-order valence-electron chi connectivity index (χ1n) is 12.3. The molecule has 2 aromatic heterocycles. The number of aromatic amines is 1. The quantitative estimate of drug-likeness (QED) is 0.513. The Bertz CT molecular complexity index is 1270. The highest BCUT2D eigenvalue weighted by molar-refractivity contribution is 6.05. The highest BCUT2D eigenvalue weighted by atomic mass is 16.5. The number of rotatable bonds is 8. The number of amides is 1. The molecule has 0 radical (unpaired) electrons. The molecule has 1 saturated heterocycles. The molecule has 2 N–H and O–H groups in total. The molecule has 1 amide bonds. The van der Waals surface area contributed by atoms with Gasteiger partial charge in [-0.1, -0.05) is 6.92 Å². The second kappa shape index (κ2) is 10.5. The number of hydrogen-bond acceptors (Lipinski definition) is 6. The molecule has 1 aromatic carbocycles. The van der Waals surface area contributed by atoms with Crippen LogP contribution in [0.3, 0.4) is 0 Å². The summed E-state index contributed by atoms with van der Waals surface area (Å²) < 4.78 is 12.8. The Labute approximate surface area is 205 Å². The van der Waals surface area contributed by atoms with Crippen LogP contribution in [-0.2, 0) is 24.8 Å². The van der Waals surface area contributed by atoms with E-state index in [1.54, 1.807) is 17.7 Å². The van der Waals surface area contributed by atoms with Crippen LogP contribution in [0, 0.1) is 6.92 Å². The van der Waals surface area contributed by atoms with Gasteiger partial charge in [-0.15, -0.1) is 0 Å². The molecule has 4 rings (SSSR count). The summed E-state index contributed by atoms with van der Waals surface area (Å²) in [6.07, 6.45) is 4.48. The number of benzene rings is 1. The van der Waals surface area contributed by atoms with Crippen molar-refractivity contribution in [3.8, 4) is 5.75 Å². The maximum absolute atomic E-state index is 13.6. The number of carbonyl (C=O) groups excluding carboxylic acids is 1. The number of anilines is 1. The molecule has 3 heterocycles. The minimum Gasteiger partial charge on any atom is -0.496 e. The molecule has 1 aliphatic rings. The molecule has 1 fully saturated rings. The Morgan fingerprint density at radius 1 is 1.29 bits per heavy atom. The predicted octanol–water partition coefficient (Wildman–Crippen LogP) is 3.08. The second-order valence-corrected chi connectivity index (χ2v) is 8.95. The molecule has 1 aliphatic heterocycles. The average Bonchev–Trinajstić information content (AvgIpc) is 3.23. The van der Waals surface area contributed by atoms with Crippen LogP contribution in [0.15, 0.2) is 23.1 Å². The van der Waals surface area contributed by atoms with Gasteiger partial charge in [0.05, 0.1) is 36.6 Å². The lowest BCUT2D eigenvalue weighted by Crippen LogP contribution is -2.40. The van der Waals surface area contributed by atoms with Crippen molar-refractivity contribution in [3.63, 3.8) is 0 Å². The summed E-state index contributed by atoms with van der Waals surface area (Å²) >= 11 is 0. The molecule has 9 nitrogen and oxygen atoms in total. The van der Waals surface area contributed by atoms with Crippen molar-refractivity contribution >= 4 is 22.5 Å². The van der Waals surface area contributed by atoms with Gasteiger partial charge in [-0.3, -0.25) is 14.3 Å². The van der Waals surface area contributed by atoms with E-state index in [0.29, 0.717) is 35.0 Å². The fourth-order valence-corrected chi connectivity index (χ4v) is 5.10. The smallest absolute Gasteiger partial charge is 0.256 e. The SMILES string of the molecule is CCc1c(C(=O)NCc2c(OC)cc(C)[nH]c2=O)cc2c(cnn2C)c1N(CC)C1CCOCC1. The van der Waals surface area contributed by atoms with E-state index >= 15 is 0 Å². The Kier molecular flexibility index (Phi) is 7.45. The van der Waals surface area contributed by atoms with Crippen molar-refractivity contribution in [1.29, 1.82) is 0 Å². The lowest BCUT2D eigenvalue weighted by Gasteiger charge is -2.37. The molecule has 3 aromatic rings. The molecule has 0 aliphatic carbocycles. The third kappa shape index (κ3) is 4.77. The number of nitrogens with one attached hydrogen (secondary N) is 2. The zero-order valence-corrected chi connectivity index (χ0v) is 21.2. The molecule has 35 heavy (non-hydrogen) atoms. The monoisotopic (exact) mass is 481 g/mol. The normalized spacial score (nSPS) is 14.3. The van der Waals surface area contributed by atoms with E-state index in [9.17, 15) is 9.59 Å². The number of nitrogens with zero attached hydrogens (tertiary/aromatic N) is 3. The third-order valence-electron chi connectivity index (χ3n) is 6.86. The average molecular weight is 482 g/mol. The van der Waals surface area contributed by atoms with Gasteiger partial charge in [-0.2, -0.15) is 5.10 Å². The van der Waals surface area contributed by atoms with Crippen LogP contribution in [0.25, 0.3) is 10.9 Å². The number of methoxy groups -OCH3 is 1. The number of carbonyl (C=O) groups is 1. The van der Waals surface area contributed by atoms with Crippen molar-refractivity contribution in [3.05, 3.63) is 51.1 Å². The summed E-state index contributed by atoms with van der Waals surface area (Å²) in [5.41, 5.74) is 4.39. The van der Waals surface area contributed by atoms with Gasteiger partial charge >= 0.3 is 0 Å². The van der Waals surface area contributed by atoms with E-state index in [-0.39, 0.29) is 18.0 Å². The lowest BCUT2D eigenvalue weighted by atomic mass is 9.95. The number of fused-ring (bicyclic) bond motifs is 1. The molecule has 9 heteroatoms. The number of ether oxygens (including phenoxy) is 2. The van der Waals surface area contributed by atoms with Gasteiger partial charge < -0.3 is 24.7 Å². The molecule has 0 unspecified atom stereocenters. The number of hydrogen-bond donors (Lipinski definition) is 2. The van der Waals surface area contributed by atoms with Gasteiger partial charge in [0, 0.05) is 49.5 Å². The van der Waals surface area contributed by atoms with E-state index in [0.717, 1.165) is 54.8 Å². The molecule has 0 bridgehead atoms. The summed E-state index contributed by atoms with van der Waals surface area (Å²) in [5, 5.41) is 8.51. The topological polar surface area (TPSA) is 101 Å². The van der Waals surface area contributed by atoms with Gasteiger partial charge in [0.2, 0.25) is 0 Å². The van der Waals surface area contributed by atoms with Crippen LogP contribution >= 0.6 is 0 Å². The standard InChI is InChI=1S/C26H35N5O4/c1-6-18-19(25(32)27-14-21-23(34-5)12-16(3)29-26(21)33)13-22-20(15-28-30(22)4)24(18)31(7-2)17-8-10-35-11-9-17/h12-13,15,17H,6-11,14H2,1-5H3,(H,27,32)(H,29,33). The van der Waals surface area contributed by atoms with Gasteiger partial charge in [0.15, 0.2) is 0 Å². The predicted molar refractivity (Wildman–Crippen MR) is 136 cm³/mol. The summed E-state index contributed by atoms with van der Waals surface area (Å²) in [5.74, 6) is 0.234. The first kappa shape index (κ1) is 24.8. The number of aromatic nitrogens is 3. The number of pyridine rings is 1. The zero-order chi connectivity index (χ0) is 25.1. The second-order valence-electron chi connectivity index (χ2n) is 8.95. The Hall–Kier alpha value is -3.33. The van der Waals surface area contributed by atoms with Crippen molar-refractivity contribution < 1.29 is 14.3 Å². The molecule has 188 valence electrons. The fraction of sp³-hybridized carbons (Fsp3) is 0.500. The molecule has 0 saturated carbocycles. The largest absolute Gasteiger partial charge is 0.496 e. The van der Waals surface area contributed by atoms with Crippen LogP contribution in [-0.4, -0.2) is 53.6 Å². The highest BCUT2D eigenvalue weighted by Crippen LogP contribution is 2.36. The Balaban J connectivity index is 1.76. The van der Waals surface area contributed by atoms with Crippen LogP contribution < -0.4 is 20.5 Å². The maximum atomic E-state index is 13.6.